The molecule has 8 rings (SSSR count). The van der Waals surface area contributed by atoms with E-state index in [1.165, 1.54) is 32.3 Å². The van der Waals surface area contributed by atoms with E-state index in [1.54, 1.807) is 17.7 Å². The van der Waals surface area contributed by atoms with Gasteiger partial charge in [0.25, 0.3) is 0 Å². The highest BCUT2D eigenvalue weighted by molar-refractivity contribution is 7.17. The Morgan fingerprint density at radius 3 is 1.98 bits per heavy atom. The number of rotatable bonds is 3. The van der Waals surface area contributed by atoms with Crippen molar-refractivity contribution >= 4 is 38.5 Å². The fourth-order valence-electron chi connectivity index (χ4n) is 5.85. The fourth-order valence-corrected chi connectivity index (χ4v) is 6.64. The van der Waals surface area contributed by atoms with Crippen LogP contribution < -0.4 is 4.90 Å². The van der Waals surface area contributed by atoms with E-state index in [0.717, 1.165) is 39.4 Å². The summed E-state index contributed by atoms with van der Waals surface area (Å²) in [4.78, 5) is 11.7. The Bertz CT molecular complexity index is 1950. The minimum atomic E-state index is 0.927. The summed E-state index contributed by atoms with van der Waals surface area (Å²) in [5, 5.41) is 3.43. The number of nitrogens with zero attached hydrogens (tertiary/aromatic N) is 3. The summed E-state index contributed by atoms with van der Waals surface area (Å²) in [6.45, 7) is 0. The zero-order valence-electron chi connectivity index (χ0n) is 21.5. The number of hydrogen-bond acceptors (Lipinski definition) is 4. The van der Waals surface area contributed by atoms with E-state index < -0.39 is 0 Å². The second kappa shape index (κ2) is 9.30. The highest BCUT2D eigenvalue weighted by atomic mass is 32.1. The summed E-state index contributed by atoms with van der Waals surface area (Å²) < 4.78 is 1.27. The molecule has 0 fully saturated rings. The van der Waals surface area contributed by atoms with Crippen LogP contribution in [0.3, 0.4) is 0 Å². The van der Waals surface area contributed by atoms with Gasteiger partial charge in [-0.25, -0.2) is 9.97 Å². The Morgan fingerprint density at radius 2 is 1.25 bits per heavy atom. The van der Waals surface area contributed by atoms with Crippen LogP contribution in [-0.4, -0.2) is 9.97 Å². The number of aromatic nitrogens is 2. The van der Waals surface area contributed by atoms with Gasteiger partial charge in [0, 0.05) is 26.9 Å². The molecule has 40 heavy (non-hydrogen) atoms. The zero-order chi connectivity index (χ0) is 26.5. The van der Waals surface area contributed by atoms with E-state index in [2.05, 4.69) is 137 Å². The molecule has 0 amide bonds. The van der Waals surface area contributed by atoms with Crippen LogP contribution >= 0.6 is 11.3 Å². The standard InChI is InChI=1S/C36H23N3S/c1-3-9-24(10-4-1)26-19-27(25-11-5-2-6-12-25)21-28(20-26)39-32-15-16-34-31(17-18-40-34)35(32)29-13-7-8-14-30(29)36-33(39)22-37-23-38-36/h1-23H. The Hall–Kier alpha value is -5.06. The lowest BCUT2D eigenvalue weighted by Gasteiger charge is -2.28. The third kappa shape index (κ3) is 3.65. The van der Waals surface area contributed by atoms with Crippen molar-refractivity contribution in [1.29, 1.82) is 0 Å². The Labute approximate surface area is 236 Å². The number of fused-ring (bicyclic) bond motifs is 7. The monoisotopic (exact) mass is 529 g/mol. The number of benzene rings is 5. The Kier molecular flexibility index (Phi) is 5.32. The molecule has 1 aliphatic rings. The van der Waals surface area contributed by atoms with Gasteiger partial charge in [-0.05, 0) is 69.6 Å². The molecule has 0 saturated heterocycles. The molecule has 3 nitrogen and oxygen atoms in total. The average Bonchev–Trinajstić information content (AvgIpc) is 3.47. The van der Waals surface area contributed by atoms with Crippen molar-refractivity contribution in [1.82, 2.24) is 9.97 Å². The number of anilines is 3. The maximum Gasteiger partial charge on any atom is 0.116 e. The minimum absolute atomic E-state index is 0.927. The Morgan fingerprint density at radius 1 is 0.575 bits per heavy atom. The van der Waals surface area contributed by atoms with E-state index in [9.17, 15) is 0 Å². The van der Waals surface area contributed by atoms with Gasteiger partial charge < -0.3 is 4.90 Å². The van der Waals surface area contributed by atoms with Crippen LogP contribution in [0.15, 0.2) is 139 Å². The molecule has 3 heterocycles. The van der Waals surface area contributed by atoms with Crippen LogP contribution in [-0.2, 0) is 0 Å². The molecular formula is C36H23N3S. The first-order valence-corrected chi connectivity index (χ1v) is 14.2. The molecule has 0 bridgehead atoms. The number of hydrogen-bond donors (Lipinski definition) is 0. The van der Waals surface area contributed by atoms with E-state index in [0.29, 0.717) is 0 Å². The van der Waals surface area contributed by atoms with Crippen LogP contribution in [0.4, 0.5) is 17.1 Å². The molecule has 0 unspecified atom stereocenters. The smallest absolute Gasteiger partial charge is 0.116 e. The number of thiophene rings is 1. The molecule has 0 radical (unpaired) electrons. The molecule has 5 aromatic carbocycles. The van der Waals surface area contributed by atoms with Gasteiger partial charge in [0.2, 0.25) is 0 Å². The van der Waals surface area contributed by atoms with Crippen molar-refractivity contribution in [3.05, 3.63) is 139 Å². The van der Waals surface area contributed by atoms with Crippen molar-refractivity contribution in [2.24, 2.45) is 0 Å². The predicted molar refractivity (Wildman–Crippen MR) is 167 cm³/mol. The summed E-state index contributed by atoms with van der Waals surface area (Å²) in [6.07, 6.45) is 3.60. The third-order valence-corrected chi connectivity index (χ3v) is 8.51. The lowest BCUT2D eigenvalue weighted by molar-refractivity contribution is 1.14. The highest BCUT2D eigenvalue weighted by Crippen LogP contribution is 2.53. The van der Waals surface area contributed by atoms with Crippen molar-refractivity contribution in [2.45, 2.75) is 0 Å². The van der Waals surface area contributed by atoms with Crippen molar-refractivity contribution in [3.8, 4) is 44.6 Å². The largest absolute Gasteiger partial charge is 0.306 e. The second-order valence-corrected chi connectivity index (χ2v) is 10.9. The lowest BCUT2D eigenvalue weighted by Crippen LogP contribution is -2.12. The van der Waals surface area contributed by atoms with Gasteiger partial charge >= 0.3 is 0 Å². The van der Waals surface area contributed by atoms with Crippen molar-refractivity contribution < 1.29 is 0 Å². The van der Waals surface area contributed by atoms with Gasteiger partial charge in [-0.2, -0.15) is 0 Å². The van der Waals surface area contributed by atoms with Crippen LogP contribution in [0.25, 0.3) is 54.7 Å². The molecule has 0 aliphatic carbocycles. The molecule has 2 aromatic heterocycles. The quantitative estimate of drug-likeness (QED) is 0.228. The van der Waals surface area contributed by atoms with E-state index in [1.807, 2.05) is 6.20 Å². The van der Waals surface area contributed by atoms with Gasteiger partial charge in [0.1, 0.15) is 6.33 Å². The molecule has 4 heteroatoms. The SMILES string of the molecule is c1ccc(-c2cc(-c3ccccc3)cc(N3c4cncnc4-c4ccccc4-c4c3ccc3sccc43)c2)cc1. The highest BCUT2D eigenvalue weighted by Gasteiger charge is 2.29. The first kappa shape index (κ1) is 22.9. The predicted octanol–water partition coefficient (Wildman–Crippen LogP) is 10.1. The van der Waals surface area contributed by atoms with Crippen molar-refractivity contribution in [3.63, 3.8) is 0 Å². The summed E-state index contributed by atoms with van der Waals surface area (Å²) >= 11 is 1.78. The topological polar surface area (TPSA) is 29.0 Å². The molecule has 0 atom stereocenters. The lowest BCUT2D eigenvalue weighted by atomic mass is 9.94. The summed E-state index contributed by atoms with van der Waals surface area (Å²) in [7, 11) is 0. The Balaban J connectivity index is 1.48. The maximum atomic E-state index is 4.86. The van der Waals surface area contributed by atoms with Crippen LogP contribution in [0.5, 0.6) is 0 Å². The van der Waals surface area contributed by atoms with Gasteiger partial charge in [0.05, 0.1) is 23.3 Å². The van der Waals surface area contributed by atoms with E-state index in [4.69, 9.17) is 4.98 Å². The van der Waals surface area contributed by atoms with E-state index >= 15 is 0 Å². The summed E-state index contributed by atoms with van der Waals surface area (Å²) in [6, 6.07) is 43.4. The van der Waals surface area contributed by atoms with Crippen LogP contribution in [0, 0.1) is 0 Å². The summed E-state index contributed by atoms with van der Waals surface area (Å²) in [5.41, 5.74) is 12.3. The minimum Gasteiger partial charge on any atom is -0.306 e. The summed E-state index contributed by atoms with van der Waals surface area (Å²) in [5.74, 6) is 0. The maximum absolute atomic E-state index is 4.86. The van der Waals surface area contributed by atoms with Gasteiger partial charge in [0.15, 0.2) is 0 Å². The third-order valence-electron chi connectivity index (χ3n) is 7.63. The molecule has 0 spiro atoms. The molecular weight excluding hydrogens is 506 g/mol. The first-order valence-electron chi connectivity index (χ1n) is 13.3. The van der Waals surface area contributed by atoms with Crippen molar-refractivity contribution in [2.75, 3.05) is 4.90 Å². The fraction of sp³-hybridized carbons (Fsp3) is 0. The van der Waals surface area contributed by atoms with Crippen LogP contribution in [0.2, 0.25) is 0 Å². The van der Waals surface area contributed by atoms with Gasteiger partial charge in [-0.1, -0.05) is 84.9 Å². The van der Waals surface area contributed by atoms with Crippen LogP contribution in [0.1, 0.15) is 0 Å². The molecule has 0 saturated carbocycles. The normalized spacial score (nSPS) is 11.9. The molecule has 0 N–H and O–H groups in total. The second-order valence-electron chi connectivity index (χ2n) is 9.93. The average molecular weight is 530 g/mol. The first-order chi connectivity index (χ1) is 19.8. The molecule has 1 aliphatic heterocycles. The van der Waals surface area contributed by atoms with E-state index in [-0.39, 0.29) is 0 Å². The van der Waals surface area contributed by atoms with Gasteiger partial charge in [-0.3, -0.25) is 0 Å². The van der Waals surface area contributed by atoms with Gasteiger partial charge in [-0.15, -0.1) is 11.3 Å². The zero-order valence-corrected chi connectivity index (χ0v) is 22.3. The molecule has 7 aromatic rings. The molecule has 188 valence electrons.